The summed E-state index contributed by atoms with van der Waals surface area (Å²) in [4.78, 5) is 34.6. The van der Waals surface area contributed by atoms with Crippen molar-refractivity contribution in [1.29, 1.82) is 5.26 Å². The number of nitrogens with one attached hydrogen (secondary N) is 1. The van der Waals surface area contributed by atoms with E-state index in [1.54, 1.807) is 6.20 Å². The molecule has 2 aromatic heterocycles. The average molecular weight is 540 g/mol. The van der Waals surface area contributed by atoms with Crippen molar-refractivity contribution in [2.75, 3.05) is 10.2 Å². The van der Waals surface area contributed by atoms with Gasteiger partial charge in [0.25, 0.3) is 0 Å². The fourth-order valence-electron chi connectivity index (χ4n) is 5.79. The van der Waals surface area contributed by atoms with Crippen LogP contribution in [0.3, 0.4) is 0 Å². The van der Waals surface area contributed by atoms with Gasteiger partial charge in [0.2, 0.25) is 5.91 Å². The maximum atomic E-state index is 14.0. The lowest BCUT2D eigenvalue weighted by Gasteiger charge is -2.47. The maximum Gasteiger partial charge on any atom is 0.245 e. The quantitative estimate of drug-likeness (QED) is 0.471. The number of para-hydroxylation sites is 1. The highest BCUT2D eigenvalue weighted by Gasteiger charge is 2.61. The Morgan fingerprint density at radius 2 is 1.81 bits per heavy atom. The molecule has 1 atom stereocenters. The molecule has 0 bridgehead atoms. The lowest BCUT2D eigenvalue weighted by atomic mass is 9.60. The van der Waals surface area contributed by atoms with Gasteiger partial charge in [-0.1, -0.05) is 32.0 Å². The molecule has 0 fully saturated rings. The van der Waals surface area contributed by atoms with E-state index in [9.17, 15) is 14.9 Å². The molecule has 2 aliphatic heterocycles. The predicted molar refractivity (Wildman–Crippen MR) is 139 cm³/mol. The Kier molecular flexibility index (Phi) is 4.86. The molecule has 8 heteroatoms. The molecule has 0 unspecified atom stereocenters. The number of amides is 1. The third-order valence-corrected chi connectivity index (χ3v) is 7.60. The van der Waals surface area contributed by atoms with Crippen LogP contribution in [0, 0.1) is 16.7 Å². The summed E-state index contributed by atoms with van der Waals surface area (Å²) in [6.45, 7) is 4.10. The Morgan fingerprint density at radius 1 is 1.06 bits per heavy atom. The van der Waals surface area contributed by atoms with Gasteiger partial charge in [0.1, 0.15) is 23.1 Å². The molecule has 3 aliphatic rings. The normalized spacial score (nSPS) is 22.4. The molecule has 0 saturated heterocycles. The number of allylic oxidation sites excluding steroid dienone is 1. The Hall–Kier alpha value is -3.96. The van der Waals surface area contributed by atoms with Gasteiger partial charge >= 0.3 is 0 Å². The number of pyridine rings is 1. The number of halogens is 1. The van der Waals surface area contributed by atoms with Crippen LogP contribution >= 0.6 is 15.9 Å². The molecule has 1 N–H and O–H groups in total. The number of hydrogen-bond acceptors (Lipinski definition) is 5. The molecule has 1 amide bonds. The van der Waals surface area contributed by atoms with Gasteiger partial charge in [0.15, 0.2) is 5.78 Å². The third-order valence-electron chi connectivity index (χ3n) is 7.13. The topological polar surface area (TPSA) is 91.0 Å². The maximum absolute atomic E-state index is 14.0. The number of carbonyl (C=O) groups excluding carboxylic acids is 2. The molecule has 178 valence electrons. The van der Waals surface area contributed by atoms with Crippen LogP contribution in [0.2, 0.25) is 0 Å². The highest BCUT2D eigenvalue weighted by Crippen LogP contribution is 2.58. The number of nitrogens with zero attached hydrogens (tertiary/aromatic N) is 4. The summed E-state index contributed by atoms with van der Waals surface area (Å²) in [5.74, 6) is 0.547. The molecule has 1 spiro atoms. The number of carbonyl (C=O) groups is 2. The van der Waals surface area contributed by atoms with Crippen LogP contribution in [0.15, 0.2) is 88.4 Å². The number of hydrogen-bond donors (Lipinski definition) is 1. The van der Waals surface area contributed by atoms with Crippen molar-refractivity contribution in [3.63, 3.8) is 0 Å². The van der Waals surface area contributed by atoms with Crippen LogP contribution < -0.4 is 10.2 Å². The molecule has 7 nitrogen and oxygen atoms in total. The van der Waals surface area contributed by atoms with E-state index in [4.69, 9.17) is 0 Å². The lowest BCUT2D eigenvalue weighted by Crippen LogP contribution is -2.51. The number of benzene rings is 1. The summed E-state index contributed by atoms with van der Waals surface area (Å²) >= 11 is 3.45. The monoisotopic (exact) mass is 539 g/mol. The van der Waals surface area contributed by atoms with Gasteiger partial charge in [-0.05, 0) is 58.1 Å². The van der Waals surface area contributed by atoms with Gasteiger partial charge in [0.05, 0.1) is 5.57 Å². The van der Waals surface area contributed by atoms with Crippen molar-refractivity contribution in [2.24, 2.45) is 5.41 Å². The zero-order valence-corrected chi connectivity index (χ0v) is 21.3. The fourth-order valence-corrected chi connectivity index (χ4v) is 6.03. The minimum Gasteiger partial charge on any atom is -0.324 e. The van der Waals surface area contributed by atoms with Crippen molar-refractivity contribution in [3.8, 4) is 6.07 Å². The molecule has 3 aromatic rings. The number of fused-ring (bicyclic) bond motifs is 3. The highest BCUT2D eigenvalue weighted by molar-refractivity contribution is 9.10. The second kappa shape index (κ2) is 7.77. The summed E-state index contributed by atoms with van der Waals surface area (Å²) in [5, 5.41) is 13.7. The van der Waals surface area contributed by atoms with Gasteiger partial charge in [-0.3, -0.25) is 14.5 Å². The first kappa shape index (κ1) is 22.5. The summed E-state index contributed by atoms with van der Waals surface area (Å²) in [6, 6.07) is 17.1. The van der Waals surface area contributed by atoms with Crippen molar-refractivity contribution in [2.45, 2.75) is 32.1 Å². The number of anilines is 2. The largest absolute Gasteiger partial charge is 0.324 e. The van der Waals surface area contributed by atoms with Crippen molar-refractivity contribution < 1.29 is 9.59 Å². The molecule has 6 rings (SSSR count). The van der Waals surface area contributed by atoms with Crippen LogP contribution in [0.5, 0.6) is 0 Å². The fraction of sp³-hybridized carbons (Fsp3) is 0.214. The number of Topliss-reactive ketones (excluding diaryl/α,β-unsaturated/α-hetero) is 1. The van der Waals surface area contributed by atoms with Crippen LogP contribution in [0.4, 0.5) is 11.5 Å². The van der Waals surface area contributed by atoms with E-state index < -0.39 is 5.41 Å². The predicted octanol–water partition coefficient (Wildman–Crippen LogP) is 5.39. The van der Waals surface area contributed by atoms with E-state index in [-0.39, 0.29) is 29.1 Å². The van der Waals surface area contributed by atoms with Gasteiger partial charge in [0, 0.05) is 52.0 Å². The number of aromatic nitrogens is 2. The summed E-state index contributed by atoms with van der Waals surface area (Å²) < 4.78 is 2.64. The number of ketones is 1. The average Bonchev–Trinajstić information content (AvgIpc) is 3.46. The lowest BCUT2D eigenvalue weighted by molar-refractivity contribution is -0.123. The van der Waals surface area contributed by atoms with Gasteiger partial charge in [-0.25, -0.2) is 4.98 Å². The molecule has 1 aromatic carbocycles. The molecular formula is C28H22BrN5O2. The van der Waals surface area contributed by atoms with Gasteiger partial charge in [-0.15, -0.1) is 0 Å². The van der Waals surface area contributed by atoms with Crippen molar-refractivity contribution in [3.05, 3.63) is 94.0 Å². The summed E-state index contributed by atoms with van der Waals surface area (Å²) in [5.41, 5.74) is 0.604. The van der Waals surface area contributed by atoms with Crippen LogP contribution in [0.1, 0.15) is 32.3 Å². The van der Waals surface area contributed by atoms with Crippen LogP contribution in [0.25, 0.3) is 5.82 Å². The second-order valence-electron chi connectivity index (χ2n) is 10.1. The molecule has 0 radical (unpaired) electrons. The Labute approximate surface area is 216 Å². The number of rotatable bonds is 2. The molecular weight excluding hydrogens is 518 g/mol. The first-order valence-corrected chi connectivity index (χ1v) is 12.4. The van der Waals surface area contributed by atoms with E-state index in [2.05, 4.69) is 46.1 Å². The molecule has 4 heterocycles. The first-order valence-electron chi connectivity index (χ1n) is 11.7. The van der Waals surface area contributed by atoms with Crippen LogP contribution in [-0.4, -0.2) is 21.2 Å². The summed E-state index contributed by atoms with van der Waals surface area (Å²) in [7, 11) is 0. The van der Waals surface area contributed by atoms with Gasteiger partial charge < -0.3 is 9.88 Å². The Balaban J connectivity index is 1.79. The molecule has 1 aliphatic carbocycles. The second-order valence-corrected chi connectivity index (χ2v) is 11.0. The van der Waals surface area contributed by atoms with E-state index in [0.29, 0.717) is 40.6 Å². The van der Waals surface area contributed by atoms with Crippen molar-refractivity contribution in [1.82, 2.24) is 9.55 Å². The van der Waals surface area contributed by atoms with E-state index in [1.807, 2.05) is 70.4 Å². The Bertz CT molecular complexity index is 1540. The van der Waals surface area contributed by atoms with E-state index in [0.717, 1.165) is 4.47 Å². The molecule has 36 heavy (non-hydrogen) atoms. The van der Waals surface area contributed by atoms with Crippen LogP contribution in [-0.2, 0) is 15.0 Å². The SMILES string of the molecule is CC1(C)CC(=O)C2=C(C1)N(c1ccc(Br)cn1)C(n1cccc1)=C(C#N)[C@]21C(=O)Nc2ccccc21. The zero-order valence-electron chi connectivity index (χ0n) is 19.7. The van der Waals surface area contributed by atoms with Gasteiger partial charge in [-0.2, -0.15) is 5.26 Å². The smallest absolute Gasteiger partial charge is 0.245 e. The first-order chi connectivity index (χ1) is 17.3. The minimum atomic E-state index is -1.54. The zero-order chi connectivity index (χ0) is 25.2. The minimum absolute atomic E-state index is 0.130. The van der Waals surface area contributed by atoms with E-state index in [1.165, 1.54) is 0 Å². The highest BCUT2D eigenvalue weighted by atomic mass is 79.9. The van der Waals surface area contributed by atoms with Crippen molar-refractivity contribution >= 4 is 44.9 Å². The summed E-state index contributed by atoms with van der Waals surface area (Å²) in [6.07, 6.45) is 6.18. The standard InChI is InChI=1S/C28H22BrN5O2/c1-27(2)13-21-24(22(35)14-27)28(18-7-3-4-8-20(18)32-26(28)36)19(15-30)25(33-11-5-6-12-33)34(21)23-10-9-17(29)16-31-23/h3-12,16H,13-14H2,1-2H3,(H,32,36)/t28-/m0/s1. The Morgan fingerprint density at radius 3 is 2.50 bits per heavy atom. The van der Waals surface area contributed by atoms with E-state index >= 15 is 0 Å². The molecule has 0 saturated carbocycles. The number of nitriles is 1. The third kappa shape index (κ3) is 2.99.